The molecule has 6 nitrogen and oxygen atoms in total. The zero-order chi connectivity index (χ0) is 13.0. The number of nitrogens with zero attached hydrogens (tertiary/aromatic N) is 1. The maximum absolute atomic E-state index is 11.6. The van der Waals surface area contributed by atoms with Crippen molar-refractivity contribution in [3.05, 3.63) is 0 Å². The van der Waals surface area contributed by atoms with Crippen molar-refractivity contribution in [3.63, 3.8) is 0 Å². The van der Waals surface area contributed by atoms with Crippen molar-refractivity contribution in [1.29, 1.82) is 0 Å². The molecule has 1 saturated heterocycles. The van der Waals surface area contributed by atoms with Gasteiger partial charge in [0.05, 0.1) is 0 Å². The summed E-state index contributed by atoms with van der Waals surface area (Å²) < 4.78 is 0. The SMILES string of the molecule is C#CC1CC(=O)N([C@@H](CCC(=O)O)C(=O)O)C1. The van der Waals surface area contributed by atoms with E-state index in [9.17, 15) is 14.4 Å². The number of amides is 1. The second kappa shape index (κ2) is 5.34. The van der Waals surface area contributed by atoms with Crippen LogP contribution < -0.4 is 0 Å². The van der Waals surface area contributed by atoms with Crippen LogP contribution in [0.4, 0.5) is 0 Å². The minimum absolute atomic E-state index is 0.103. The number of rotatable bonds is 5. The molecule has 1 aliphatic heterocycles. The third-order valence-electron chi connectivity index (χ3n) is 2.69. The highest BCUT2D eigenvalue weighted by atomic mass is 16.4. The molecule has 1 fully saturated rings. The predicted octanol–water partition coefficient (Wildman–Crippen LogP) is -0.214. The van der Waals surface area contributed by atoms with E-state index in [0.717, 1.165) is 4.90 Å². The summed E-state index contributed by atoms with van der Waals surface area (Å²) >= 11 is 0. The second-order valence-electron chi connectivity index (χ2n) is 3.90. The molecule has 1 rings (SSSR count). The van der Waals surface area contributed by atoms with Crippen molar-refractivity contribution in [2.75, 3.05) is 6.54 Å². The van der Waals surface area contributed by atoms with Crippen molar-refractivity contribution < 1.29 is 24.6 Å². The molecular weight excluding hydrogens is 226 g/mol. The molecule has 92 valence electrons. The number of carbonyl (C=O) groups is 3. The predicted molar refractivity (Wildman–Crippen MR) is 56.9 cm³/mol. The molecule has 0 bridgehead atoms. The monoisotopic (exact) mass is 239 g/mol. The third kappa shape index (κ3) is 3.21. The summed E-state index contributed by atoms with van der Waals surface area (Å²) in [6, 6.07) is -1.10. The summed E-state index contributed by atoms with van der Waals surface area (Å²) in [7, 11) is 0. The summed E-state index contributed by atoms with van der Waals surface area (Å²) in [4.78, 5) is 34.1. The highest BCUT2D eigenvalue weighted by Gasteiger charge is 2.36. The molecule has 17 heavy (non-hydrogen) atoms. The molecular formula is C11H13NO5. The van der Waals surface area contributed by atoms with Crippen LogP contribution in [0.1, 0.15) is 19.3 Å². The highest BCUT2D eigenvalue weighted by Crippen LogP contribution is 2.21. The van der Waals surface area contributed by atoms with Crippen LogP contribution in [0.2, 0.25) is 0 Å². The lowest BCUT2D eigenvalue weighted by Gasteiger charge is -2.23. The lowest BCUT2D eigenvalue weighted by molar-refractivity contribution is -0.149. The number of aliphatic carboxylic acids is 2. The fourth-order valence-corrected chi connectivity index (χ4v) is 1.82. The fraction of sp³-hybridized carbons (Fsp3) is 0.545. The van der Waals surface area contributed by atoms with Crippen LogP contribution in [0, 0.1) is 18.3 Å². The van der Waals surface area contributed by atoms with Crippen molar-refractivity contribution in [1.82, 2.24) is 4.90 Å². The first-order chi connectivity index (χ1) is 7.95. The van der Waals surface area contributed by atoms with Crippen molar-refractivity contribution in [3.8, 4) is 12.3 Å². The molecule has 0 aromatic rings. The molecule has 0 spiro atoms. The smallest absolute Gasteiger partial charge is 0.326 e. The average Bonchev–Trinajstić information content (AvgIpc) is 2.59. The maximum atomic E-state index is 11.6. The number of terminal acetylenes is 1. The normalized spacial score (nSPS) is 21.0. The zero-order valence-electron chi connectivity index (χ0n) is 9.13. The van der Waals surface area contributed by atoms with Gasteiger partial charge in [-0.2, -0.15) is 0 Å². The van der Waals surface area contributed by atoms with Crippen LogP contribution in [-0.4, -0.2) is 45.5 Å². The first kappa shape index (κ1) is 13.0. The summed E-state index contributed by atoms with van der Waals surface area (Å²) in [6.07, 6.45) is 4.92. The van der Waals surface area contributed by atoms with Gasteiger partial charge in [-0.3, -0.25) is 9.59 Å². The number of carboxylic acid groups (broad SMARTS) is 2. The van der Waals surface area contributed by atoms with Crippen molar-refractivity contribution in [2.45, 2.75) is 25.3 Å². The van der Waals surface area contributed by atoms with E-state index in [1.807, 2.05) is 0 Å². The second-order valence-corrected chi connectivity index (χ2v) is 3.90. The van der Waals surface area contributed by atoms with Gasteiger partial charge in [0.1, 0.15) is 6.04 Å². The molecule has 0 aliphatic carbocycles. The van der Waals surface area contributed by atoms with Crippen LogP contribution in [0.5, 0.6) is 0 Å². The summed E-state index contributed by atoms with van der Waals surface area (Å²) in [5.41, 5.74) is 0. The van der Waals surface area contributed by atoms with Crippen LogP contribution in [0.3, 0.4) is 0 Å². The molecule has 0 saturated carbocycles. The molecule has 1 amide bonds. The quantitative estimate of drug-likeness (QED) is 0.647. The Hall–Kier alpha value is -2.03. The van der Waals surface area contributed by atoms with E-state index in [0.29, 0.717) is 0 Å². The van der Waals surface area contributed by atoms with E-state index in [-0.39, 0.29) is 37.6 Å². The molecule has 0 radical (unpaired) electrons. The highest BCUT2D eigenvalue weighted by molar-refractivity contribution is 5.86. The van der Waals surface area contributed by atoms with Crippen molar-refractivity contribution in [2.24, 2.45) is 5.92 Å². The Bertz CT molecular complexity index is 384. The minimum Gasteiger partial charge on any atom is -0.481 e. The standard InChI is InChI=1S/C11H13NO5/c1-2-7-5-9(13)12(6-7)8(11(16)17)3-4-10(14)15/h1,7-8H,3-6H2,(H,14,15)(H,16,17)/t7?,8-/m0/s1. The van der Waals surface area contributed by atoms with Gasteiger partial charge in [0.2, 0.25) is 5.91 Å². The van der Waals surface area contributed by atoms with Gasteiger partial charge >= 0.3 is 11.9 Å². The average molecular weight is 239 g/mol. The Balaban J connectivity index is 2.71. The fourth-order valence-electron chi connectivity index (χ4n) is 1.82. The topological polar surface area (TPSA) is 94.9 Å². The van der Waals surface area contributed by atoms with Crippen LogP contribution in [0.25, 0.3) is 0 Å². The van der Waals surface area contributed by atoms with Gasteiger partial charge in [-0.1, -0.05) is 0 Å². The first-order valence-corrected chi connectivity index (χ1v) is 5.16. The van der Waals surface area contributed by atoms with Crippen LogP contribution in [0.15, 0.2) is 0 Å². The Kier molecular flexibility index (Phi) is 4.10. The van der Waals surface area contributed by atoms with E-state index < -0.39 is 18.0 Å². The Labute approximate surface area is 98.2 Å². The van der Waals surface area contributed by atoms with Gasteiger partial charge in [-0.15, -0.1) is 12.3 Å². The summed E-state index contributed by atoms with van der Waals surface area (Å²) in [5.74, 6) is -0.484. The number of carbonyl (C=O) groups excluding carboxylic acids is 1. The zero-order valence-corrected chi connectivity index (χ0v) is 9.13. The van der Waals surface area contributed by atoms with E-state index in [1.165, 1.54) is 0 Å². The lowest BCUT2D eigenvalue weighted by atomic mass is 10.1. The van der Waals surface area contributed by atoms with Gasteiger partial charge in [0.25, 0.3) is 0 Å². The number of hydrogen-bond donors (Lipinski definition) is 2. The Morgan fingerprint density at radius 3 is 2.59 bits per heavy atom. The van der Waals surface area contributed by atoms with E-state index in [1.54, 1.807) is 0 Å². The Morgan fingerprint density at radius 1 is 1.53 bits per heavy atom. The molecule has 2 N–H and O–H groups in total. The molecule has 1 heterocycles. The van der Waals surface area contributed by atoms with Gasteiger partial charge in [-0.05, 0) is 6.42 Å². The van der Waals surface area contributed by atoms with E-state index >= 15 is 0 Å². The number of hydrogen-bond acceptors (Lipinski definition) is 3. The largest absolute Gasteiger partial charge is 0.481 e. The molecule has 6 heteroatoms. The van der Waals surface area contributed by atoms with Gasteiger partial charge in [-0.25, -0.2) is 4.79 Å². The molecule has 0 aromatic carbocycles. The van der Waals surface area contributed by atoms with Crippen LogP contribution in [-0.2, 0) is 14.4 Å². The molecule has 1 aliphatic rings. The minimum atomic E-state index is -1.20. The lowest BCUT2D eigenvalue weighted by Crippen LogP contribution is -2.42. The van der Waals surface area contributed by atoms with Gasteiger partial charge in [0, 0.05) is 25.3 Å². The molecule has 0 aromatic heterocycles. The van der Waals surface area contributed by atoms with E-state index in [2.05, 4.69) is 5.92 Å². The summed E-state index contributed by atoms with van der Waals surface area (Å²) in [6.45, 7) is 0.186. The first-order valence-electron chi connectivity index (χ1n) is 5.16. The van der Waals surface area contributed by atoms with Gasteiger partial charge < -0.3 is 15.1 Å². The molecule has 1 unspecified atom stereocenters. The third-order valence-corrected chi connectivity index (χ3v) is 2.69. The summed E-state index contributed by atoms with van der Waals surface area (Å²) in [5, 5.41) is 17.5. The van der Waals surface area contributed by atoms with Gasteiger partial charge in [0.15, 0.2) is 0 Å². The molecule has 2 atom stereocenters. The number of likely N-dealkylation sites (tertiary alicyclic amines) is 1. The van der Waals surface area contributed by atoms with Crippen molar-refractivity contribution >= 4 is 17.8 Å². The Morgan fingerprint density at radius 2 is 2.18 bits per heavy atom. The maximum Gasteiger partial charge on any atom is 0.326 e. The van der Waals surface area contributed by atoms with E-state index in [4.69, 9.17) is 16.6 Å². The van der Waals surface area contributed by atoms with Crippen LogP contribution >= 0.6 is 0 Å². The number of carboxylic acids is 2.